The smallest absolute Gasteiger partial charge is 0.279 e. The van der Waals surface area contributed by atoms with Crippen LogP contribution in [0.5, 0.6) is 0 Å². The maximum atomic E-state index is 11.9. The molecule has 0 amide bonds. The fraction of sp³-hybridized carbons (Fsp3) is 1.00. The van der Waals surface area contributed by atoms with Crippen molar-refractivity contribution >= 4 is 10.2 Å². The van der Waals surface area contributed by atoms with Gasteiger partial charge >= 0.3 is 0 Å². The van der Waals surface area contributed by atoms with Crippen molar-refractivity contribution in [2.75, 3.05) is 26.2 Å². The van der Waals surface area contributed by atoms with Crippen molar-refractivity contribution in [3.05, 3.63) is 0 Å². The molecule has 2 N–H and O–H groups in total. The molecule has 0 radical (unpaired) electrons. The highest BCUT2D eigenvalue weighted by atomic mass is 32.2. The molecule has 5 nitrogen and oxygen atoms in total. The summed E-state index contributed by atoms with van der Waals surface area (Å²) in [5, 5.41) is 9.11. The zero-order valence-corrected chi connectivity index (χ0v) is 12.3. The summed E-state index contributed by atoms with van der Waals surface area (Å²) in [7, 11) is -3.29. The van der Waals surface area contributed by atoms with Gasteiger partial charge in [-0.1, -0.05) is 20.3 Å². The summed E-state index contributed by atoms with van der Waals surface area (Å²) in [5.74, 6) is 0. The van der Waals surface area contributed by atoms with Crippen molar-refractivity contribution in [1.29, 1.82) is 0 Å². The molecule has 0 bridgehead atoms. The predicted octanol–water partition coefficient (Wildman–Crippen LogP) is 1.11. The molecule has 1 fully saturated rings. The minimum atomic E-state index is -3.29. The van der Waals surface area contributed by atoms with Gasteiger partial charge in [0, 0.05) is 26.2 Å². The molecule has 0 aromatic heterocycles. The summed E-state index contributed by atoms with van der Waals surface area (Å²) in [6.45, 7) is 5.81. The predicted molar refractivity (Wildman–Crippen MR) is 72.4 cm³/mol. The fourth-order valence-electron chi connectivity index (χ4n) is 2.04. The average Bonchev–Trinajstić information content (AvgIpc) is 2.36. The molecule has 6 heteroatoms. The second kappa shape index (κ2) is 6.84. The van der Waals surface area contributed by atoms with Crippen LogP contribution in [0, 0.1) is 5.41 Å². The van der Waals surface area contributed by atoms with E-state index in [1.54, 1.807) is 0 Å². The van der Waals surface area contributed by atoms with Gasteiger partial charge in [-0.25, -0.2) is 4.72 Å². The monoisotopic (exact) mass is 278 g/mol. The normalized spacial score (nSPS) is 19.1. The first-order valence-corrected chi connectivity index (χ1v) is 8.17. The van der Waals surface area contributed by atoms with Crippen molar-refractivity contribution in [3.63, 3.8) is 0 Å². The van der Waals surface area contributed by atoms with Gasteiger partial charge in [0.1, 0.15) is 0 Å². The Bertz CT molecular complexity index is 335. The van der Waals surface area contributed by atoms with Crippen molar-refractivity contribution < 1.29 is 13.5 Å². The highest BCUT2D eigenvalue weighted by molar-refractivity contribution is 7.87. The number of nitrogens with one attached hydrogen (secondary N) is 1. The molecule has 0 aromatic carbocycles. The van der Waals surface area contributed by atoms with Crippen LogP contribution in [-0.4, -0.2) is 44.1 Å². The average molecular weight is 278 g/mol. The quantitative estimate of drug-likeness (QED) is 0.685. The second-order valence-corrected chi connectivity index (χ2v) is 7.54. The first kappa shape index (κ1) is 15.9. The molecule has 0 aliphatic carbocycles. The number of hydrogen-bond acceptors (Lipinski definition) is 3. The van der Waals surface area contributed by atoms with E-state index in [-0.39, 0.29) is 12.0 Å². The van der Waals surface area contributed by atoms with E-state index < -0.39 is 10.2 Å². The van der Waals surface area contributed by atoms with Gasteiger partial charge in [0.15, 0.2) is 0 Å². The molecule has 0 unspecified atom stereocenters. The number of rotatable bonds is 7. The molecule has 1 aliphatic heterocycles. The van der Waals surface area contributed by atoms with Gasteiger partial charge in [-0.05, 0) is 31.1 Å². The van der Waals surface area contributed by atoms with Crippen molar-refractivity contribution in [2.45, 2.75) is 46.0 Å². The lowest BCUT2D eigenvalue weighted by Crippen LogP contribution is -2.43. The Hall–Kier alpha value is -0.170. The summed E-state index contributed by atoms with van der Waals surface area (Å²) in [4.78, 5) is 0. The highest BCUT2D eigenvalue weighted by Gasteiger charge is 2.23. The molecule has 1 aliphatic rings. The van der Waals surface area contributed by atoms with Crippen molar-refractivity contribution in [2.24, 2.45) is 5.41 Å². The molecule has 0 aromatic rings. The van der Waals surface area contributed by atoms with E-state index in [0.29, 0.717) is 19.6 Å². The van der Waals surface area contributed by atoms with Crippen LogP contribution in [0.3, 0.4) is 0 Å². The number of aliphatic hydroxyl groups is 1. The topological polar surface area (TPSA) is 69.6 Å². The molecular formula is C12H26N2O3S. The number of aliphatic hydroxyl groups excluding tert-OH is 1. The SMILES string of the molecule is CC(C)(CO)CCCNS(=O)(=O)N1CCCCC1. The lowest BCUT2D eigenvalue weighted by atomic mass is 9.89. The fourth-order valence-corrected chi connectivity index (χ4v) is 3.37. The van der Waals surface area contributed by atoms with E-state index in [4.69, 9.17) is 5.11 Å². The van der Waals surface area contributed by atoms with Gasteiger partial charge in [-0.2, -0.15) is 12.7 Å². The van der Waals surface area contributed by atoms with Crippen LogP contribution >= 0.6 is 0 Å². The van der Waals surface area contributed by atoms with Crippen LogP contribution in [-0.2, 0) is 10.2 Å². The maximum Gasteiger partial charge on any atom is 0.279 e. The van der Waals surface area contributed by atoms with Crippen LogP contribution in [0.2, 0.25) is 0 Å². The molecule has 0 saturated carbocycles. The number of nitrogens with zero attached hydrogens (tertiary/aromatic N) is 1. The van der Waals surface area contributed by atoms with Gasteiger partial charge in [0.25, 0.3) is 10.2 Å². The van der Waals surface area contributed by atoms with E-state index >= 15 is 0 Å². The summed E-state index contributed by atoms with van der Waals surface area (Å²) in [6, 6.07) is 0. The molecule has 1 saturated heterocycles. The minimum absolute atomic E-state index is 0.128. The zero-order chi connectivity index (χ0) is 13.6. The summed E-state index contributed by atoms with van der Waals surface area (Å²) in [6.07, 6.45) is 4.60. The van der Waals surface area contributed by atoms with E-state index in [2.05, 4.69) is 4.72 Å². The molecule has 1 heterocycles. The van der Waals surface area contributed by atoms with Crippen molar-refractivity contribution in [3.8, 4) is 0 Å². The summed E-state index contributed by atoms with van der Waals surface area (Å²) in [5.41, 5.74) is -0.128. The van der Waals surface area contributed by atoms with Crippen LogP contribution < -0.4 is 4.72 Å². The third-order valence-corrected chi connectivity index (χ3v) is 5.01. The van der Waals surface area contributed by atoms with E-state index in [1.807, 2.05) is 13.8 Å². The Morgan fingerprint density at radius 2 is 1.83 bits per heavy atom. The van der Waals surface area contributed by atoms with Gasteiger partial charge in [-0.15, -0.1) is 0 Å². The van der Waals surface area contributed by atoms with Crippen molar-refractivity contribution in [1.82, 2.24) is 9.03 Å². The highest BCUT2D eigenvalue weighted by Crippen LogP contribution is 2.20. The Balaban J connectivity index is 2.29. The Morgan fingerprint density at radius 1 is 1.22 bits per heavy atom. The lowest BCUT2D eigenvalue weighted by molar-refractivity contribution is 0.148. The number of hydrogen-bond donors (Lipinski definition) is 2. The van der Waals surface area contributed by atoms with Crippen LogP contribution in [0.1, 0.15) is 46.0 Å². The zero-order valence-electron chi connectivity index (χ0n) is 11.5. The van der Waals surface area contributed by atoms with Gasteiger partial charge in [-0.3, -0.25) is 0 Å². The van der Waals surface area contributed by atoms with Crippen LogP contribution in [0.4, 0.5) is 0 Å². The Morgan fingerprint density at radius 3 is 2.39 bits per heavy atom. The van der Waals surface area contributed by atoms with Gasteiger partial charge in [0.2, 0.25) is 0 Å². The molecule has 1 rings (SSSR count). The van der Waals surface area contributed by atoms with Gasteiger partial charge in [0.05, 0.1) is 0 Å². The third-order valence-electron chi connectivity index (χ3n) is 3.40. The third kappa shape index (κ3) is 5.22. The summed E-state index contributed by atoms with van der Waals surface area (Å²) >= 11 is 0. The first-order valence-electron chi connectivity index (χ1n) is 6.73. The lowest BCUT2D eigenvalue weighted by Gasteiger charge is -2.26. The van der Waals surface area contributed by atoms with E-state index in [1.165, 1.54) is 4.31 Å². The van der Waals surface area contributed by atoms with Crippen LogP contribution in [0.15, 0.2) is 0 Å². The molecule has 0 atom stereocenters. The Labute approximate surface area is 111 Å². The van der Waals surface area contributed by atoms with Crippen LogP contribution in [0.25, 0.3) is 0 Å². The summed E-state index contributed by atoms with van der Waals surface area (Å²) < 4.78 is 28.1. The Kier molecular flexibility index (Phi) is 6.04. The standard InChI is InChI=1S/C12H26N2O3S/c1-12(2,11-15)7-6-8-13-18(16,17)14-9-4-3-5-10-14/h13,15H,3-11H2,1-2H3. The number of piperidine rings is 1. The molecular weight excluding hydrogens is 252 g/mol. The second-order valence-electron chi connectivity index (χ2n) is 5.78. The first-order chi connectivity index (χ1) is 8.37. The minimum Gasteiger partial charge on any atom is -0.396 e. The molecule has 0 spiro atoms. The molecule has 108 valence electrons. The van der Waals surface area contributed by atoms with Gasteiger partial charge < -0.3 is 5.11 Å². The van der Waals surface area contributed by atoms with E-state index in [0.717, 1.165) is 32.1 Å². The van der Waals surface area contributed by atoms with E-state index in [9.17, 15) is 8.42 Å². The molecule has 18 heavy (non-hydrogen) atoms. The maximum absolute atomic E-state index is 11.9. The largest absolute Gasteiger partial charge is 0.396 e.